The quantitative estimate of drug-likeness (QED) is 0.610. The molecule has 7 nitrogen and oxygen atoms in total. The number of sulfonamides is 1. The molecule has 1 amide bonds. The van der Waals surface area contributed by atoms with E-state index in [9.17, 15) is 26.4 Å². The monoisotopic (exact) mass is 439 g/mol. The van der Waals surface area contributed by atoms with E-state index in [1.807, 2.05) is 0 Å². The number of carbonyl (C=O) groups is 1. The molecule has 0 radical (unpaired) electrons. The fourth-order valence-electron chi connectivity index (χ4n) is 2.56. The van der Waals surface area contributed by atoms with Gasteiger partial charge in [0.25, 0.3) is 5.91 Å². The third kappa shape index (κ3) is 5.05. The number of alkyl halides is 3. The number of hydrogen-bond acceptors (Lipinski definition) is 5. The van der Waals surface area contributed by atoms with E-state index < -0.39 is 27.8 Å². The van der Waals surface area contributed by atoms with Gasteiger partial charge in [0.05, 0.1) is 29.0 Å². The Balaban J connectivity index is 1.75. The van der Waals surface area contributed by atoms with Crippen LogP contribution in [0.2, 0.25) is 0 Å². The van der Waals surface area contributed by atoms with Crippen molar-refractivity contribution in [1.82, 2.24) is 9.71 Å². The molecule has 158 valence electrons. The summed E-state index contributed by atoms with van der Waals surface area (Å²) in [5.74, 6) is -0.292. The van der Waals surface area contributed by atoms with Crippen LogP contribution in [0.4, 0.5) is 18.9 Å². The second-order valence-electron chi connectivity index (χ2n) is 6.21. The molecule has 0 bridgehead atoms. The van der Waals surface area contributed by atoms with E-state index in [0.717, 1.165) is 6.07 Å². The topological polar surface area (TPSA) is 101 Å². The molecule has 3 aromatic rings. The molecule has 2 heterocycles. The van der Waals surface area contributed by atoms with Gasteiger partial charge in [-0.3, -0.25) is 4.79 Å². The average Bonchev–Trinajstić information content (AvgIpc) is 3.19. The lowest BCUT2D eigenvalue weighted by atomic mass is 10.1. The number of anilines is 1. The van der Waals surface area contributed by atoms with Crippen molar-refractivity contribution in [2.75, 3.05) is 5.32 Å². The molecule has 2 aromatic heterocycles. The fourth-order valence-corrected chi connectivity index (χ4v) is 3.60. The average molecular weight is 439 g/mol. The molecule has 0 spiro atoms. The van der Waals surface area contributed by atoms with Gasteiger partial charge in [0.2, 0.25) is 10.0 Å². The van der Waals surface area contributed by atoms with Crippen LogP contribution in [0, 0.1) is 6.92 Å². The first-order valence-corrected chi connectivity index (χ1v) is 10.0. The van der Waals surface area contributed by atoms with E-state index in [4.69, 9.17) is 4.42 Å². The standard InChI is InChI=1S/C19H16F3N3O4S/c1-12-16(7-8-17(24-12)19(20,21)22)18(26)25-13-4-2-6-15(10-13)30(27,28)23-11-14-5-3-9-29-14/h2-10,23H,11H2,1H3,(H,25,26). The SMILES string of the molecule is Cc1nc(C(F)(F)F)ccc1C(=O)Nc1cccc(S(=O)(=O)NCc2ccco2)c1. The summed E-state index contributed by atoms with van der Waals surface area (Å²) < 4.78 is 70.5. The van der Waals surface area contributed by atoms with E-state index in [1.54, 1.807) is 12.1 Å². The van der Waals surface area contributed by atoms with Crippen LogP contribution in [0.5, 0.6) is 0 Å². The van der Waals surface area contributed by atoms with Crippen LogP contribution in [0.25, 0.3) is 0 Å². The van der Waals surface area contributed by atoms with Crippen LogP contribution in [0.3, 0.4) is 0 Å². The minimum Gasteiger partial charge on any atom is -0.468 e. The van der Waals surface area contributed by atoms with E-state index in [2.05, 4.69) is 15.0 Å². The van der Waals surface area contributed by atoms with Crippen LogP contribution >= 0.6 is 0 Å². The summed E-state index contributed by atoms with van der Waals surface area (Å²) in [5.41, 5.74) is -1.12. The Kier molecular flexibility index (Phi) is 5.94. The molecule has 0 aliphatic heterocycles. The number of rotatable bonds is 6. The summed E-state index contributed by atoms with van der Waals surface area (Å²) in [4.78, 5) is 15.7. The largest absolute Gasteiger partial charge is 0.468 e. The van der Waals surface area contributed by atoms with Gasteiger partial charge in [-0.2, -0.15) is 13.2 Å². The number of nitrogens with one attached hydrogen (secondary N) is 2. The number of aromatic nitrogens is 1. The highest BCUT2D eigenvalue weighted by atomic mass is 32.2. The highest BCUT2D eigenvalue weighted by Crippen LogP contribution is 2.28. The van der Waals surface area contributed by atoms with Gasteiger partial charge < -0.3 is 9.73 Å². The van der Waals surface area contributed by atoms with E-state index in [1.165, 1.54) is 37.5 Å². The zero-order chi connectivity index (χ0) is 21.9. The molecule has 0 aliphatic rings. The number of aryl methyl sites for hydroxylation is 1. The van der Waals surface area contributed by atoms with Crippen LogP contribution in [-0.4, -0.2) is 19.3 Å². The zero-order valence-corrected chi connectivity index (χ0v) is 16.3. The van der Waals surface area contributed by atoms with Gasteiger partial charge in [-0.1, -0.05) is 6.07 Å². The van der Waals surface area contributed by atoms with Gasteiger partial charge in [-0.25, -0.2) is 18.1 Å². The first-order valence-electron chi connectivity index (χ1n) is 8.54. The lowest BCUT2D eigenvalue weighted by Gasteiger charge is -2.11. The number of nitrogens with zero attached hydrogens (tertiary/aromatic N) is 1. The molecule has 1 aromatic carbocycles. The third-order valence-electron chi connectivity index (χ3n) is 4.04. The third-order valence-corrected chi connectivity index (χ3v) is 5.44. The maximum absolute atomic E-state index is 12.7. The maximum Gasteiger partial charge on any atom is 0.433 e. The Bertz CT molecular complexity index is 1160. The smallest absolute Gasteiger partial charge is 0.433 e. The molecule has 11 heteroatoms. The molecule has 0 fully saturated rings. The second-order valence-corrected chi connectivity index (χ2v) is 7.98. The molecule has 3 rings (SSSR count). The Morgan fingerprint density at radius 2 is 1.90 bits per heavy atom. The molecule has 0 saturated heterocycles. The second kappa shape index (κ2) is 8.28. The van der Waals surface area contributed by atoms with Crippen LogP contribution in [0.1, 0.15) is 27.5 Å². The maximum atomic E-state index is 12.7. The van der Waals surface area contributed by atoms with E-state index in [0.29, 0.717) is 11.8 Å². The van der Waals surface area contributed by atoms with Crippen molar-refractivity contribution in [3.05, 3.63) is 77.5 Å². The summed E-state index contributed by atoms with van der Waals surface area (Å²) >= 11 is 0. The van der Waals surface area contributed by atoms with Crippen molar-refractivity contribution >= 4 is 21.6 Å². The van der Waals surface area contributed by atoms with Crippen molar-refractivity contribution in [2.45, 2.75) is 24.5 Å². The number of benzene rings is 1. The molecule has 0 atom stereocenters. The van der Waals surface area contributed by atoms with Crippen molar-refractivity contribution in [2.24, 2.45) is 0 Å². The minimum absolute atomic E-state index is 0.0532. The molecule has 0 saturated carbocycles. The number of hydrogen-bond donors (Lipinski definition) is 2. The van der Waals surface area contributed by atoms with Crippen LogP contribution in [-0.2, 0) is 22.7 Å². The molecule has 0 unspecified atom stereocenters. The lowest BCUT2D eigenvalue weighted by molar-refractivity contribution is -0.141. The van der Waals surface area contributed by atoms with Crippen LogP contribution < -0.4 is 10.0 Å². The Hall–Kier alpha value is -3.18. The van der Waals surface area contributed by atoms with Gasteiger partial charge in [0.15, 0.2) is 0 Å². The number of amides is 1. The highest BCUT2D eigenvalue weighted by molar-refractivity contribution is 7.89. The minimum atomic E-state index is -4.62. The van der Waals surface area contributed by atoms with Crippen molar-refractivity contribution in [3.8, 4) is 0 Å². The van der Waals surface area contributed by atoms with Crippen LogP contribution in [0.15, 0.2) is 64.1 Å². The highest BCUT2D eigenvalue weighted by Gasteiger charge is 2.33. The van der Waals surface area contributed by atoms with Crippen molar-refractivity contribution < 1.29 is 30.8 Å². The normalized spacial score (nSPS) is 12.0. The zero-order valence-electron chi connectivity index (χ0n) is 15.5. The Morgan fingerprint density at radius 1 is 1.13 bits per heavy atom. The van der Waals surface area contributed by atoms with Gasteiger partial charge in [0.1, 0.15) is 11.5 Å². The number of halogens is 3. The molecular formula is C19H16F3N3O4S. The summed E-state index contributed by atoms with van der Waals surface area (Å²) in [5, 5.41) is 2.47. The number of furan rings is 1. The molecule has 2 N–H and O–H groups in total. The number of pyridine rings is 1. The summed E-state index contributed by atoms with van der Waals surface area (Å²) in [6.45, 7) is 1.23. The predicted molar refractivity (Wildman–Crippen MR) is 101 cm³/mol. The van der Waals surface area contributed by atoms with E-state index in [-0.39, 0.29) is 28.4 Å². The Labute approximate surface area is 170 Å². The molecular weight excluding hydrogens is 423 g/mol. The summed E-state index contributed by atoms with van der Waals surface area (Å²) in [6, 6.07) is 10.4. The summed E-state index contributed by atoms with van der Waals surface area (Å²) in [7, 11) is -3.89. The van der Waals surface area contributed by atoms with Gasteiger partial charge in [-0.15, -0.1) is 0 Å². The van der Waals surface area contributed by atoms with Crippen molar-refractivity contribution in [1.29, 1.82) is 0 Å². The predicted octanol–water partition coefficient (Wildman–Crippen LogP) is 3.73. The molecule has 0 aliphatic carbocycles. The van der Waals surface area contributed by atoms with Crippen molar-refractivity contribution in [3.63, 3.8) is 0 Å². The van der Waals surface area contributed by atoms with E-state index >= 15 is 0 Å². The first-order chi connectivity index (χ1) is 14.1. The van der Waals surface area contributed by atoms with Gasteiger partial charge >= 0.3 is 6.18 Å². The number of carbonyl (C=O) groups excluding carboxylic acids is 1. The summed E-state index contributed by atoms with van der Waals surface area (Å²) in [6.07, 6.45) is -3.21. The molecule has 30 heavy (non-hydrogen) atoms. The fraction of sp³-hybridized carbons (Fsp3) is 0.158. The first kappa shape index (κ1) is 21.5. The Morgan fingerprint density at radius 3 is 2.53 bits per heavy atom. The van der Waals surface area contributed by atoms with Gasteiger partial charge in [0, 0.05) is 5.69 Å². The van der Waals surface area contributed by atoms with Gasteiger partial charge in [-0.05, 0) is 49.4 Å². The lowest BCUT2D eigenvalue weighted by Crippen LogP contribution is -2.23.